The van der Waals surface area contributed by atoms with Crippen LogP contribution < -0.4 is 20.1 Å². The summed E-state index contributed by atoms with van der Waals surface area (Å²) in [6.45, 7) is 0. The molecule has 2 amide bonds. The predicted octanol–water partition coefficient (Wildman–Crippen LogP) is 5.19. The van der Waals surface area contributed by atoms with Gasteiger partial charge in [0.1, 0.15) is 23.1 Å². The average Bonchev–Trinajstić information content (AvgIpc) is 2.67. The van der Waals surface area contributed by atoms with Crippen LogP contribution in [0.4, 0.5) is 29.7 Å². The lowest BCUT2D eigenvalue weighted by molar-refractivity contribution is 0.214. The zero-order valence-corrected chi connectivity index (χ0v) is 14.3. The second kappa shape index (κ2) is 8.63. The minimum Gasteiger partial charge on any atom is -0.410 e. The minimum atomic E-state index is -0.747. The highest BCUT2D eigenvalue weighted by atomic mass is 19.1. The van der Waals surface area contributed by atoms with Crippen molar-refractivity contribution in [1.82, 2.24) is 0 Å². The van der Waals surface area contributed by atoms with Crippen molar-refractivity contribution in [1.29, 1.82) is 0 Å². The molecule has 0 radical (unpaired) electrons. The number of halogens is 2. The molecular weight excluding hydrogens is 370 g/mol. The first-order valence-electron chi connectivity index (χ1n) is 8.07. The van der Waals surface area contributed by atoms with Crippen LogP contribution in [0.3, 0.4) is 0 Å². The van der Waals surface area contributed by atoms with E-state index in [1.54, 1.807) is 24.3 Å². The van der Waals surface area contributed by atoms with E-state index in [0.29, 0.717) is 11.4 Å². The van der Waals surface area contributed by atoms with Crippen LogP contribution in [-0.4, -0.2) is 12.2 Å². The SMILES string of the molecule is O=C(Nc1ccc(NC(=O)Oc2ccc(F)cc2)cc1)Oc1ccc(F)cc1. The molecule has 0 bridgehead atoms. The lowest BCUT2D eigenvalue weighted by Crippen LogP contribution is -2.18. The molecule has 0 spiro atoms. The van der Waals surface area contributed by atoms with Crippen LogP contribution in [-0.2, 0) is 0 Å². The maximum Gasteiger partial charge on any atom is 0.417 e. The Morgan fingerprint density at radius 1 is 0.571 bits per heavy atom. The van der Waals surface area contributed by atoms with Crippen molar-refractivity contribution < 1.29 is 27.8 Å². The topological polar surface area (TPSA) is 76.7 Å². The van der Waals surface area contributed by atoms with Crippen molar-refractivity contribution in [2.24, 2.45) is 0 Å². The molecular formula is C20H14F2N2O4. The highest BCUT2D eigenvalue weighted by molar-refractivity contribution is 5.88. The number of carbonyl (C=O) groups excluding carboxylic acids is 2. The molecule has 0 aliphatic carbocycles. The maximum atomic E-state index is 12.8. The van der Waals surface area contributed by atoms with Gasteiger partial charge in [-0.05, 0) is 72.8 Å². The zero-order chi connectivity index (χ0) is 19.9. The largest absolute Gasteiger partial charge is 0.417 e. The Balaban J connectivity index is 1.51. The van der Waals surface area contributed by atoms with Gasteiger partial charge >= 0.3 is 12.2 Å². The Hall–Kier alpha value is -3.94. The monoisotopic (exact) mass is 384 g/mol. The predicted molar refractivity (Wildman–Crippen MR) is 98.5 cm³/mol. The molecule has 0 aliphatic heterocycles. The molecule has 0 aromatic heterocycles. The second-order valence-electron chi connectivity index (χ2n) is 5.51. The standard InChI is InChI=1S/C20H14F2N2O4/c21-13-1-9-17(10-2-13)27-19(25)23-15-5-7-16(8-6-15)24-20(26)28-18-11-3-14(22)4-12-18/h1-12H,(H,23,25)(H,24,26). The summed E-state index contributed by atoms with van der Waals surface area (Å²) in [5, 5.41) is 4.99. The quantitative estimate of drug-likeness (QED) is 0.649. The van der Waals surface area contributed by atoms with Gasteiger partial charge in [0.15, 0.2) is 0 Å². The van der Waals surface area contributed by atoms with Crippen LogP contribution in [0.5, 0.6) is 11.5 Å². The van der Waals surface area contributed by atoms with Gasteiger partial charge in [-0.2, -0.15) is 0 Å². The Kier molecular flexibility index (Phi) is 5.81. The Labute approximate surface area is 158 Å². The number of ether oxygens (including phenoxy) is 2. The first kappa shape index (κ1) is 18.8. The van der Waals surface area contributed by atoms with E-state index in [-0.39, 0.29) is 11.5 Å². The van der Waals surface area contributed by atoms with Crippen LogP contribution in [0, 0.1) is 11.6 Å². The van der Waals surface area contributed by atoms with Crippen LogP contribution in [0.2, 0.25) is 0 Å². The van der Waals surface area contributed by atoms with E-state index in [1.165, 1.54) is 48.5 Å². The first-order valence-corrected chi connectivity index (χ1v) is 8.07. The van der Waals surface area contributed by atoms with Gasteiger partial charge in [-0.15, -0.1) is 0 Å². The third-order valence-corrected chi connectivity index (χ3v) is 3.43. The van der Waals surface area contributed by atoms with Crippen molar-refractivity contribution >= 4 is 23.6 Å². The number of rotatable bonds is 4. The first-order chi connectivity index (χ1) is 13.5. The Bertz CT molecular complexity index is 879. The van der Waals surface area contributed by atoms with Crippen LogP contribution >= 0.6 is 0 Å². The van der Waals surface area contributed by atoms with Gasteiger partial charge < -0.3 is 9.47 Å². The summed E-state index contributed by atoms with van der Waals surface area (Å²) >= 11 is 0. The summed E-state index contributed by atoms with van der Waals surface area (Å²) in [5.41, 5.74) is 0.842. The minimum absolute atomic E-state index is 0.195. The van der Waals surface area contributed by atoms with E-state index >= 15 is 0 Å². The summed E-state index contributed by atoms with van der Waals surface area (Å²) in [7, 11) is 0. The van der Waals surface area contributed by atoms with E-state index in [0.717, 1.165) is 0 Å². The molecule has 0 saturated heterocycles. The van der Waals surface area contributed by atoms with Gasteiger partial charge in [0.25, 0.3) is 0 Å². The van der Waals surface area contributed by atoms with Crippen LogP contribution in [0.1, 0.15) is 0 Å². The van der Waals surface area contributed by atoms with Gasteiger partial charge in [-0.1, -0.05) is 0 Å². The smallest absolute Gasteiger partial charge is 0.410 e. The van der Waals surface area contributed by atoms with E-state index in [2.05, 4.69) is 10.6 Å². The van der Waals surface area contributed by atoms with Crippen molar-refractivity contribution in [3.63, 3.8) is 0 Å². The summed E-state index contributed by atoms with van der Waals surface area (Å²) < 4.78 is 35.7. The fourth-order valence-electron chi connectivity index (χ4n) is 2.14. The maximum absolute atomic E-state index is 12.8. The number of carbonyl (C=O) groups is 2. The average molecular weight is 384 g/mol. The number of hydrogen-bond donors (Lipinski definition) is 2. The Morgan fingerprint density at radius 2 is 0.893 bits per heavy atom. The molecule has 142 valence electrons. The fraction of sp³-hybridized carbons (Fsp3) is 0. The lowest BCUT2D eigenvalue weighted by atomic mass is 10.3. The van der Waals surface area contributed by atoms with Gasteiger partial charge in [0.05, 0.1) is 0 Å². The molecule has 0 aliphatic rings. The molecule has 8 heteroatoms. The van der Waals surface area contributed by atoms with Gasteiger partial charge in [0.2, 0.25) is 0 Å². The molecule has 3 aromatic carbocycles. The zero-order valence-electron chi connectivity index (χ0n) is 14.3. The summed E-state index contributed by atoms with van der Waals surface area (Å²) in [6, 6.07) is 16.2. The molecule has 3 aromatic rings. The third kappa shape index (κ3) is 5.53. The summed E-state index contributed by atoms with van der Waals surface area (Å²) in [5.74, 6) is -0.482. The molecule has 0 unspecified atom stereocenters. The highest BCUT2D eigenvalue weighted by Crippen LogP contribution is 2.17. The lowest BCUT2D eigenvalue weighted by Gasteiger charge is -2.09. The van der Waals surface area contributed by atoms with Gasteiger partial charge in [0, 0.05) is 11.4 Å². The fourth-order valence-corrected chi connectivity index (χ4v) is 2.14. The van der Waals surface area contributed by atoms with Crippen molar-refractivity contribution in [2.75, 3.05) is 10.6 Å². The van der Waals surface area contributed by atoms with Crippen LogP contribution in [0.25, 0.3) is 0 Å². The number of amides is 2. The van der Waals surface area contributed by atoms with Crippen LogP contribution in [0.15, 0.2) is 72.8 Å². The molecule has 28 heavy (non-hydrogen) atoms. The Morgan fingerprint density at radius 3 is 1.21 bits per heavy atom. The molecule has 6 nitrogen and oxygen atoms in total. The van der Waals surface area contributed by atoms with Gasteiger partial charge in [-0.25, -0.2) is 18.4 Å². The molecule has 3 rings (SSSR count). The summed E-state index contributed by atoms with van der Waals surface area (Å²) in [4.78, 5) is 23.6. The van der Waals surface area contributed by atoms with Gasteiger partial charge in [-0.3, -0.25) is 10.6 Å². The van der Waals surface area contributed by atoms with E-state index in [4.69, 9.17) is 9.47 Å². The van der Waals surface area contributed by atoms with E-state index < -0.39 is 23.8 Å². The highest BCUT2D eigenvalue weighted by Gasteiger charge is 2.08. The second-order valence-corrected chi connectivity index (χ2v) is 5.51. The van der Waals surface area contributed by atoms with Crippen molar-refractivity contribution in [3.05, 3.63) is 84.4 Å². The molecule has 0 heterocycles. The molecule has 0 saturated carbocycles. The summed E-state index contributed by atoms with van der Waals surface area (Å²) in [6.07, 6.45) is -1.49. The van der Waals surface area contributed by atoms with Crippen molar-refractivity contribution in [2.45, 2.75) is 0 Å². The third-order valence-electron chi connectivity index (χ3n) is 3.43. The normalized spacial score (nSPS) is 10.1. The van der Waals surface area contributed by atoms with E-state index in [9.17, 15) is 18.4 Å². The van der Waals surface area contributed by atoms with Crippen molar-refractivity contribution in [3.8, 4) is 11.5 Å². The molecule has 0 fully saturated rings. The number of anilines is 2. The number of benzene rings is 3. The molecule has 2 N–H and O–H groups in total. The molecule has 0 atom stereocenters. The number of nitrogens with one attached hydrogen (secondary N) is 2. The van der Waals surface area contributed by atoms with E-state index in [1.807, 2.05) is 0 Å². The number of hydrogen-bond acceptors (Lipinski definition) is 4.